The lowest BCUT2D eigenvalue weighted by Crippen LogP contribution is -2.38. The van der Waals surface area contributed by atoms with Crippen molar-refractivity contribution in [3.63, 3.8) is 0 Å². The standard InChI is InChI=1S/C19H21FN2O5S/c1-22(13-19(23)21-12-14-3-5-15(20)6-4-14)28(24,25)16-7-8-17-18(11-16)27-10-2-9-26-17/h3-8,11H,2,9-10,12-13H2,1H3,(H,21,23). The number of sulfonamides is 1. The van der Waals surface area contributed by atoms with Gasteiger partial charge in [-0.15, -0.1) is 0 Å². The average molecular weight is 408 g/mol. The summed E-state index contributed by atoms with van der Waals surface area (Å²) in [5.41, 5.74) is 0.711. The summed E-state index contributed by atoms with van der Waals surface area (Å²) >= 11 is 0. The fourth-order valence-corrected chi connectivity index (χ4v) is 3.77. The van der Waals surface area contributed by atoms with Gasteiger partial charge in [-0.05, 0) is 29.8 Å². The summed E-state index contributed by atoms with van der Waals surface area (Å²) in [4.78, 5) is 12.1. The zero-order chi connectivity index (χ0) is 20.1. The Morgan fingerprint density at radius 3 is 2.50 bits per heavy atom. The molecule has 0 saturated heterocycles. The lowest BCUT2D eigenvalue weighted by Gasteiger charge is -2.18. The van der Waals surface area contributed by atoms with Gasteiger partial charge in [-0.3, -0.25) is 4.79 Å². The predicted octanol–water partition coefficient (Wildman–Crippen LogP) is 1.92. The largest absolute Gasteiger partial charge is 0.490 e. The molecule has 1 aliphatic heterocycles. The third-order valence-electron chi connectivity index (χ3n) is 4.20. The number of halogens is 1. The van der Waals surface area contributed by atoms with Crippen molar-refractivity contribution >= 4 is 15.9 Å². The van der Waals surface area contributed by atoms with E-state index in [4.69, 9.17) is 9.47 Å². The molecule has 2 aromatic rings. The molecular formula is C19H21FN2O5S. The van der Waals surface area contributed by atoms with E-state index < -0.39 is 15.9 Å². The molecular weight excluding hydrogens is 387 g/mol. The third-order valence-corrected chi connectivity index (χ3v) is 6.00. The minimum absolute atomic E-state index is 0.0191. The summed E-state index contributed by atoms with van der Waals surface area (Å²) in [5.74, 6) is 0.0321. The van der Waals surface area contributed by atoms with Gasteiger partial charge in [-0.1, -0.05) is 12.1 Å². The fourth-order valence-electron chi connectivity index (χ4n) is 2.63. The minimum Gasteiger partial charge on any atom is -0.490 e. The van der Waals surface area contributed by atoms with Crippen molar-refractivity contribution < 1.29 is 27.1 Å². The van der Waals surface area contributed by atoms with E-state index in [0.717, 1.165) is 4.31 Å². The van der Waals surface area contributed by atoms with Crippen LogP contribution in [0.2, 0.25) is 0 Å². The van der Waals surface area contributed by atoms with Crippen LogP contribution >= 0.6 is 0 Å². The van der Waals surface area contributed by atoms with Crippen LogP contribution in [0.3, 0.4) is 0 Å². The zero-order valence-corrected chi connectivity index (χ0v) is 16.2. The monoisotopic (exact) mass is 408 g/mol. The number of hydrogen-bond acceptors (Lipinski definition) is 5. The number of ether oxygens (including phenoxy) is 2. The smallest absolute Gasteiger partial charge is 0.243 e. The normalized spacial score (nSPS) is 13.8. The SMILES string of the molecule is CN(CC(=O)NCc1ccc(F)cc1)S(=O)(=O)c1ccc2c(c1)OCCCO2. The van der Waals surface area contributed by atoms with Crippen LogP contribution in [-0.2, 0) is 21.4 Å². The summed E-state index contributed by atoms with van der Waals surface area (Å²) < 4.78 is 50.4. The molecule has 7 nitrogen and oxygen atoms in total. The third kappa shape index (κ3) is 4.79. The van der Waals surface area contributed by atoms with E-state index in [2.05, 4.69) is 5.32 Å². The Morgan fingerprint density at radius 2 is 1.79 bits per heavy atom. The van der Waals surface area contributed by atoms with Crippen molar-refractivity contribution in [3.05, 3.63) is 53.8 Å². The van der Waals surface area contributed by atoms with Crippen LogP contribution in [0.1, 0.15) is 12.0 Å². The number of likely N-dealkylation sites (N-methyl/N-ethyl adjacent to an activating group) is 1. The van der Waals surface area contributed by atoms with Crippen molar-refractivity contribution in [1.29, 1.82) is 0 Å². The Bertz CT molecular complexity index is 947. The van der Waals surface area contributed by atoms with Crippen LogP contribution in [-0.4, -0.2) is 45.4 Å². The molecule has 0 atom stereocenters. The number of nitrogens with zero attached hydrogens (tertiary/aromatic N) is 1. The predicted molar refractivity (Wildman–Crippen MR) is 100 cm³/mol. The summed E-state index contributed by atoms with van der Waals surface area (Å²) in [7, 11) is -2.55. The highest BCUT2D eigenvalue weighted by Crippen LogP contribution is 2.32. The van der Waals surface area contributed by atoms with E-state index in [-0.39, 0.29) is 23.8 Å². The summed E-state index contributed by atoms with van der Waals surface area (Å²) in [6, 6.07) is 10.1. The molecule has 1 heterocycles. The number of benzene rings is 2. The van der Waals surface area contributed by atoms with Crippen LogP contribution in [0.25, 0.3) is 0 Å². The molecule has 150 valence electrons. The lowest BCUT2D eigenvalue weighted by atomic mass is 10.2. The number of carbonyl (C=O) groups excluding carboxylic acids is 1. The molecule has 0 bridgehead atoms. The molecule has 3 rings (SSSR count). The molecule has 0 aromatic heterocycles. The molecule has 0 spiro atoms. The fraction of sp³-hybridized carbons (Fsp3) is 0.316. The Hall–Kier alpha value is -2.65. The molecule has 0 fully saturated rings. The van der Waals surface area contributed by atoms with Gasteiger partial charge in [0.25, 0.3) is 0 Å². The second kappa shape index (κ2) is 8.57. The molecule has 0 saturated carbocycles. The molecule has 9 heteroatoms. The molecule has 2 aromatic carbocycles. The number of fused-ring (bicyclic) bond motifs is 1. The first-order chi connectivity index (χ1) is 13.4. The number of rotatable bonds is 6. The highest BCUT2D eigenvalue weighted by atomic mass is 32.2. The van der Waals surface area contributed by atoms with Crippen LogP contribution in [0.5, 0.6) is 11.5 Å². The van der Waals surface area contributed by atoms with E-state index in [1.54, 1.807) is 18.2 Å². The van der Waals surface area contributed by atoms with Gasteiger partial charge in [0.05, 0.1) is 24.7 Å². The maximum absolute atomic E-state index is 12.9. The van der Waals surface area contributed by atoms with Crippen molar-refractivity contribution in [2.24, 2.45) is 0 Å². The lowest BCUT2D eigenvalue weighted by molar-refractivity contribution is -0.121. The Balaban J connectivity index is 1.63. The number of hydrogen-bond donors (Lipinski definition) is 1. The Morgan fingerprint density at radius 1 is 1.11 bits per heavy atom. The first kappa shape index (κ1) is 20.1. The molecule has 1 N–H and O–H groups in total. The summed E-state index contributed by atoms with van der Waals surface area (Å²) in [6.07, 6.45) is 0.713. The van der Waals surface area contributed by atoms with E-state index >= 15 is 0 Å². The topological polar surface area (TPSA) is 84.9 Å². The second-order valence-corrected chi connectivity index (χ2v) is 8.37. The molecule has 1 amide bonds. The van der Waals surface area contributed by atoms with Crippen molar-refractivity contribution in [2.75, 3.05) is 26.8 Å². The van der Waals surface area contributed by atoms with Crippen molar-refractivity contribution in [3.8, 4) is 11.5 Å². The Labute approximate surface area is 163 Å². The van der Waals surface area contributed by atoms with Gasteiger partial charge in [0, 0.05) is 26.1 Å². The highest BCUT2D eigenvalue weighted by Gasteiger charge is 2.25. The number of amides is 1. The molecule has 1 aliphatic rings. The highest BCUT2D eigenvalue weighted by molar-refractivity contribution is 7.89. The van der Waals surface area contributed by atoms with Gasteiger partial charge in [-0.25, -0.2) is 12.8 Å². The minimum atomic E-state index is -3.88. The van der Waals surface area contributed by atoms with Gasteiger partial charge in [0.1, 0.15) is 5.82 Å². The maximum Gasteiger partial charge on any atom is 0.243 e. The number of nitrogens with one attached hydrogen (secondary N) is 1. The molecule has 28 heavy (non-hydrogen) atoms. The van der Waals surface area contributed by atoms with Crippen LogP contribution in [0.4, 0.5) is 4.39 Å². The molecule has 0 aliphatic carbocycles. The first-order valence-electron chi connectivity index (χ1n) is 8.73. The van der Waals surface area contributed by atoms with Crippen molar-refractivity contribution in [1.82, 2.24) is 9.62 Å². The van der Waals surface area contributed by atoms with E-state index in [9.17, 15) is 17.6 Å². The van der Waals surface area contributed by atoms with Gasteiger partial charge in [-0.2, -0.15) is 4.31 Å². The van der Waals surface area contributed by atoms with Gasteiger partial charge < -0.3 is 14.8 Å². The summed E-state index contributed by atoms with van der Waals surface area (Å²) in [5, 5.41) is 2.62. The van der Waals surface area contributed by atoms with Crippen LogP contribution in [0, 0.1) is 5.82 Å². The summed E-state index contributed by atoms with van der Waals surface area (Å²) in [6.45, 7) is 0.778. The zero-order valence-electron chi connectivity index (χ0n) is 15.4. The van der Waals surface area contributed by atoms with Gasteiger partial charge in [0.2, 0.25) is 15.9 Å². The number of carbonyl (C=O) groups is 1. The van der Waals surface area contributed by atoms with Gasteiger partial charge >= 0.3 is 0 Å². The first-order valence-corrected chi connectivity index (χ1v) is 10.2. The average Bonchev–Trinajstić information content (AvgIpc) is 2.92. The van der Waals surface area contributed by atoms with E-state index in [0.29, 0.717) is 36.7 Å². The van der Waals surface area contributed by atoms with E-state index in [1.165, 1.54) is 31.3 Å². The molecule has 0 radical (unpaired) electrons. The van der Waals surface area contributed by atoms with Gasteiger partial charge in [0.15, 0.2) is 11.5 Å². The van der Waals surface area contributed by atoms with E-state index in [1.807, 2.05) is 0 Å². The van der Waals surface area contributed by atoms with Crippen molar-refractivity contribution in [2.45, 2.75) is 17.9 Å². The van der Waals surface area contributed by atoms with Crippen LogP contribution in [0.15, 0.2) is 47.4 Å². The maximum atomic E-state index is 12.9. The molecule has 0 unspecified atom stereocenters. The Kier molecular flexibility index (Phi) is 6.15. The second-order valence-electron chi connectivity index (χ2n) is 6.32. The van der Waals surface area contributed by atoms with Crippen LogP contribution < -0.4 is 14.8 Å². The quantitative estimate of drug-likeness (QED) is 0.790.